The molecule has 0 unspecified atom stereocenters. The number of nitrogens with zero attached hydrogens (tertiary/aromatic N) is 2. The lowest BCUT2D eigenvalue weighted by molar-refractivity contribution is -0.141. The fourth-order valence-corrected chi connectivity index (χ4v) is 3.45. The summed E-state index contributed by atoms with van der Waals surface area (Å²) >= 11 is 0. The molecule has 120 valence electrons. The maximum Gasteiger partial charge on any atom is 0.225 e. The summed E-state index contributed by atoms with van der Waals surface area (Å²) < 4.78 is 5.33. The number of carbonyl (C=O) groups excluding carboxylic acids is 1. The first-order valence-corrected chi connectivity index (χ1v) is 8.37. The molecule has 0 radical (unpaired) electrons. The normalized spacial score (nSPS) is 21.0. The third-order valence-electron chi connectivity index (χ3n) is 4.75. The molecule has 0 bridgehead atoms. The summed E-state index contributed by atoms with van der Waals surface area (Å²) in [6, 6.07) is 8.71. The number of rotatable bonds is 3. The Balaban J connectivity index is 1.48. The van der Waals surface area contributed by atoms with Crippen LogP contribution in [0, 0.1) is 12.8 Å². The van der Waals surface area contributed by atoms with Gasteiger partial charge >= 0.3 is 0 Å². The van der Waals surface area contributed by atoms with Crippen LogP contribution >= 0.6 is 0 Å². The summed E-state index contributed by atoms with van der Waals surface area (Å²) in [5.74, 6) is 0.561. The second-order valence-electron chi connectivity index (χ2n) is 6.48. The van der Waals surface area contributed by atoms with Gasteiger partial charge in [0.2, 0.25) is 5.91 Å². The van der Waals surface area contributed by atoms with Crippen LogP contribution in [0.5, 0.6) is 0 Å². The zero-order valence-corrected chi connectivity index (χ0v) is 13.5. The molecule has 1 amide bonds. The van der Waals surface area contributed by atoms with E-state index in [1.165, 1.54) is 11.1 Å². The van der Waals surface area contributed by atoms with E-state index in [2.05, 4.69) is 36.1 Å². The fourth-order valence-electron chi connectivity index (χ4n) is 3.45. The van der Waals surface area contributed by atoms with Crippen molar-refractivity contribution in [2.45, 2.75) is 26.3 Å². The first kappa shape index (κ1) is 15.5. The van der Waals surface area contributed by atoms with E-state index < -0.39 is 0 Å². The number of ether oxygens (including phenoxy) is 1. The number of likely N-dealkylation sites (tertiary alicyclic amines) is 1. The van der Waals surface area contributed by atoms with Crippen molar-refractivity contribution in [1.82, 2.24) is 9.80 Å². The highest BCUT2D eigenvalue weighted by atomic mass is 16.5. The minimum Gasteiger partial charge on any atom is -0.378 e. The van der Waals surface area contributed by atoms with E-state index in [9.17, 15) is 4.79 Å². The number of amides is 1. The highest BCUT2D eigenvalue weighted by molar-refractivity contribution is 5.79. The van der Waals surface area contributed by atoms with Crippen LogP contribution in [-0.4, -0.2) is 55.1 Å². The van der Waals surface area contributed by atoms with Gasteiger partial charge in [0, 0.05) is 25.6 Å². The van der Waals surface area contributed by atoms with Gasteiger partial charge in [0.25, 0.3) is 0 Å². The molecule has 0 aliphatic carbocycles. The Morgan fingerprint density at radius 2 is 1.91 bits per heavy atom. The van der Waals surface area contributed by atoms with Gasteiger partial charge in [0.05, 0.1) is 13.2 Å². The summed E-state index contributed by atoms with van der Waals surface area (Å²) in [5, 5.41) is 0. The molecule has 0 atom stereocenters. The Labute approximate surface area is 133 Å². The van der Waals surface area contributed by atoms with Gasteiger partial charge < -0.3 is 9.64 Å². The second-order valence-corrected chi connectivity index (χ2v) is 6.48. The van der Waals surface area contributed by atoms with Crippen LogP contribution < -0.4 is 0 Å². The quantitative estimate of drug-likeness (QED) is 0.857. The van der Waals surface area contributed by atoms with Crippen LogP contribution in [0.3, 0.4) is 0 Å². The first-order valence-electron chi connectivity index (χ1n) is 8.37. The first-order chi connectivity index (χ1) is 10.7. The van der Waals surface area contributed by atoms with E-state index in [0.717, 1.165) is 45.6 Å². The molecule has 4 nitrogen and oxygen atoms in total. The fraction of sp³-hybridized carbons (Fsp3) is 0.611. The van der Waals surface area contributed by atoms with E-state index >= 15 is 0 Å². The van der Waals surface area contributed by atoms with E-state index in [4.69, 9.17) is 4.74 Å². The molecule has 0 spiro atoms. The molecule has 0 N–H and O–H groups in total. The van der Waals surface area contributed by atoms with Gasteiger partial charge in [-0.2, -0.15) is 0 Å². The molecule has 2 heterocycles. The Bertz CT molecular complexity index is 504. The van der Waals surface area contributed by atoms with E-state index in [1.54, 1.807) is 0 Å². The van der Waals surface area contributed by atoms with Crippen molar-refractivity contribution in [3.63, 3.8) is 0 Å². The number of hydrogen-bond donors (Lipinski definition) is 0. The maximum atomic E-state index is 12.5. The van der Waals surface area contributed by atoms with Crippen molar-refractivity contribution in [1.29, 1.82) is 0 Å². The molecular weight excluding hydrogens is 276 g/mol. The van der Waals surface area contributed by atoms with Gasteiger partial charge in [0.15, 0.2) is 0 Å². The Morgan fingerprint density at radius 3 is 2.59 bits per heavy atom. The zero-order valence-electron chi connectivity index (χ0n) is 13.5. The molecule has 2 saturated heterocycles. The van der Waals surface area contributed by atoms with Crippen LogP contribution in [0.1, 0.15) is 24.0 Å². The topological polar surface area (TPSA) is 32.8 Å². The summed E-state index contributed by atoms with van der Waals surface area (Å²) in [7, 11) is 0. The summed E-state index contributed by atoms with van der Waals surface area (Å²) in [4.78, 5) is 17.0. The highest BCUT2D eigenvalue weighted by Crippen LogP contribution is 2.22. The molecule has 4 heteroatoms. The summed E-state index contributed by atoms with van der Waals surface area (Å²) in [5.41, 5.74) is 2.69. The Hall–Kier alpha value is -1.39. The smallest absolute Gasteiger partial charge is 0.225 e. The lowest BCUT2D eigenvalue weighted by atomic mass is 9.94. The molecule has 22 heavy (non-hydrogen) atoms. The number of carbonyl (C=O) groups is 1. The van der Waals surface area contributed by atoms with Gasteiger partial charge in [-0.15, -0.1) is 0 Å². The minimum absolute atomic E-state index is 0.215. The molecule has 2 fully saturated rings. The Kier molecular flexibility index (Phi) is 5.11. The predicted octanol–water partition coefficient (Wildman–Crippen LogP) is 2.07. The van der Waals surface area contributed by atoms with Crippen LogP contribution in [0.15, 0.2) is 24.3 Å². The van der Waals surface area contributed by atoms with Crippen molar-refractivity contribution >= 4 is 5.91 Å². The van der Waals surface area contributed by atoms with E-state index in [0.29, 0.717) is 19.1 Å². The number of piperidine rings is 1. The largest absolute Gasteiger partial charge is 0.378 e. The van der Waals surface area contributed by atoms with Crippen molar-refractivity contribution in [2.75, 3.05) is 39.4 Å². The summed E-state index contributed by atoms with van der Waals surface area (Å²) in [6.07, 6.45) is 1.98. The minimum atomic E-state index is 0.215. The molecule has 1 aromatic carbocycles. The highest BCUT2D eigenvalue weighted by Gasteiger charge is 2.29. The molecular formula is C18H26N2O2. The average molecular weight is 302 g/mol. The molecule has 2 aliphatic rings. The maximum absolute atomic E-state index is 12.5. The van der Waals surface area contributed by atoms with E-state index in [1.807, 2.05) is 4.90 Å². The zero-order chi connectivity index (χ0) is 15.4. The van der Waals surface area contributed by atoms with Gasteiger partial charge in [-0.05, 0) is 38.4 Å². The second kappa shape index (κ2) is 7.25. The van der Waals surface area contributed by atoms with Gasteiger partial charge in [-0.1, -0.05) is 29.8 Å². The standard InChI is InChI=1S/C18H26N2O2/c1-15-3-2-4-16(13-15)14-19-7-5-17(6-8-19)18(21)20-9-11-22-12-10-20/h2-4,13,17H,5-12,14H2,1H3. The van der Waals surface area contributed by atoms with Gasteiger partial charge in [0.1, 0.15) is 0 Å². The monoisotopic (exact) mass is 302 g/mol. The van der Waals surface area contributed by atoms with Crippen LogP contribution in [-0.2, 0) is 16.1 Å². The van der Waals surface area contributed by atoms with Crippen molar-refractivity contribution < 1.29 is 9.53 Å². The molecule has 0 aromatic heterocycles. The SMILES string of the molecule is Cc1cccc(CN2CCC(C(=O)N3CCOCC3)CC2)c1. The predicted molar refractivity (Wildman–Crippen MR) is 86.6 cm³/mol. The Morgan fingerprint density at radius 1 is 1.18 bits per heavy atom. The van der Waals surface area contributed by atoms with Gasteiger partial charge in [-0.25, -0.2) is 0 Å². The van der Waals surface area contributed by atoms with E-state index in [-0.39, 0.29) is 5.92 Å². The van der Waals surface area contributed by atoms with Crippen molar-refractivity contribution in [3.8, 4) is 0 Å². The average Bonchev–Trinajstić information content (AvgIpc) is 2.56. The van der Waals surface area contributed by atoms with Crippen LogP contribution in [0.2, 0.25) is 0 Å². The van der Waals surface area contributed by atoms with Crippen molar-refractivity contribution in [3.05, 3.63) is 35.4 Å². The van der Waals surface area contributed by atoms with Crippen molar-refractivity contribution in [2.24, 2.45) is 5.92 Å². The summed E-state index contributed by atoms with van der Waals surface area (Å²) in [6.45, 7) is 8.10. The number of aryl methyl sites for hydroxylation is 1. The molecule has 0 saturated carbocycles. The molecule has 2 aliphatic heterocycles. The van der Waals surface area contributed by atoms with Gasteiger partial charge in [-0.3, -0.25) is 9.69 Å². The van der Waals surface area contributed by atoms with Crippen LogP contribution in [0.25, 0.3) is 0 Å². The lowest BCUT2D eigenvalue weighted by Crippen LogP contribution is -2.46. The number of morpholine rings is 1. The molecule has 1 aromatic rings. The number of hydrogen-bond acceptors (Lipinski definition) is 3. The molecule has 3 rings (SSSR count). The third kappa shape index (κ3) is 3.87. The lowest BCUT2D eigenvalue weighted by Gasteiger charge is -2.35. The third-order valence-corrected chi connectivity index (χ3v) is 4.75. The van der Waals surface area contributed by atoms with Crippen LogP contribution in [0.4, 0.5) is 0 Å². The number of benzene rings is 1.